The quantitative estimate of drug-likeness (QED) is 0.104. The van der Waals surface area contributed by atoms with Gasteiger partial charge in [0.1, 0.15) is 36.3 Å². The summed E-state index contributed by atoms with van der Waals surface area (Å²) in [5.74, 6) is -15.2. The predicted molar refractivity (Wildman–Crippen MR) is 481 cm³/mol. The number of carboxylic acids is 2. The smallest absolute Gasteiger partial charge is 0.311 e. The lowest BCUT2D eigenvalue weighted by molar-refractivity contribution is -0.345. The minimum atomic E-state index is -2.40. The Morgan fingerprint density at radius 3 is 0.939 bits per heavy atom. The van der Waals surface area contributed by atoms with Crippen molar-refractivity contribution in [2.45, 2.75) is 353 Å². The highest BCUT2D eigenvalue weighted by Gasteiger charge is 2.56. The van der Waals surface area contributed by atoms with E-state index in [0.717, 1.165) is 0 Å². The lowest BCUT2D eigenvalue weighted by atomic mass is 9.82. The highest BCUT2D eigenvalue weighted by molar-refractivity contribution is 5.72. The second-order valence-electron chi connectivity index (χ2n) is 35.8. The van der Waals surface area contributed by atoms with Gasteiger partial charge in [0, 0.05) is 75.0 Å². The maximum atomic E-state index is 13.6. The average Bonchev–Trinajstić information content (AvgIpc) is 0.805. The first kappa shape index (κ1) is 114. The van der Waals surface area contributed by atoms with Gasteiger partial charge >= 0.3 is 23.9 Å². The zero-order chi connectivity index (χ0) is 97.7. The van der Waals surface area contributed by atoms with Crippen molar-refractivity contribution in [2.75, 3.05) is 13.2 Å². The van der Waals surface area contributed by atoms with Gasteiger partial charge in [0.15, 0.2) is 24.2 Å². The third-order valence-corrected chi connectivity index (χ3v) is 24.8. The van der Waals surface area contributed by atoms with Gasteiger partial charge in [0.2, 0.25) is 0 Å². The molecule has 4 bridgehead atoms. The Kier molecular flexibility index (Phi) is 49.5. The zero-order valence-electron chi connectivity index (χ0n) is 76.5. The zero-order valence-corrected chi connectivity index (χ0v) is 76.5. The second kappa shape index (κ2) is 57.4. The van der Waals surface area contributed by atoms with Crippen LogP contribution in [0, 0.1) is 35.5 Å². The Morgan fingerprint density at radius 1 is 0.341 bits per heavy atom. The second-order valence-corrected chi connectivity index (χ2v) is 35.8. The van der Waals surface area contributed by atoms with Crippen LogP contribution >= 0.6 is 0 Å². The molecule has 24 N–H and O–H groups in total. The predicted octanol–water partition coefficient (Wildman–Crippen LogP) is 2.49. The summed E-state index contributed by atoms with van der Waals surface area (Å²) in [6.45, 7) is 11.6. The first-order valence-electron chi connectivity index (χ1n) is 45.7. The number of carboxylic acid groups (broad SMARTS) is 2. The van der Waals surface area contributed by atoms with Crippen molar-refractivity contribution in [1.82, 2.24) is 0 Å². The summed E-state index contributed by atoms with van der Waals surface area (Å²) in [7, 11) is 0. The number of cyclic esters (lactones) is 2. The van der Waals surface area contributed by atoms with Gasteiger partial charge in [-0.2, -0.15) is 0 Å². The molecule has 0 saturated carbocycles. The molecule has 0 aromatic rings. The monoisotopic (exact) mass is 1870 g/mol. The van der Waals surface area contributed by atoms with Crippen LogP contribution in [-0.4, -0.2) is 334 Å². The summed E-state index contributed by atoms with van der Waals surface area (Å²) in [5.41, 5.74) is 12.5. The SMILES string of the molecule is C[C@@H]1[C@H](O)[C@@H](C)/C=C/C=C/C=C/C=C/C=C/C=C/C=C/[C@H](O[C@@H]2O[C@H](C)[C@@H](O)[C@H](N)[C@@H]2O)C[C@@H]2OC(OCCOC34C[C@@H](O)C[C@@H](O)[C@H](O)CC[C@@H](O)C[C@@H](O)CC(=O)O[C@@H](C)[C@H](C)[C@H](O)[C@@H](C)/C=C/C=C/C=C/C=C/C=C/C=C/C=C/[C@H](O[C@@H]5O[C@H](C)[C@@H](O)[C@H](N)[C@@H]5O)C[C@H](O3)[C@H](C(=O)O)[C@@H](O)C4)(C[C@@H](O)C[C@@H](O)[C@H](O)CC[C@@H](O)C[C@@H](O)CC(=O)O[C@H]1C)C[C@H](O)[C@H]2C(=O)O. The van der Waals surface area contributed by atoms with E-state index in [0.29, 0.717) is 0 Å². The summed E-state index contributed by atoms with van der Waals surface area (Å²) in [6, 6.07) is -2.65. The molecular formula is C96H148N2O34. The van der Waals surface area contributed by atoms with Crippen molar-refractivity contribution in [3.05, 3.63) is 170 Å². The number of hydrogen-bond acceptors (Lipinski definition) is 34. The number of nitrogens with two attached hydrogens (primary N) is 2. The number of hydrogen-bond donors (Lipinski definition) is 22. The summed E-state index contributed by atoms with van der Waals surface area (Å²) in [5, 5.41) is 228. The minimum absolute atomic E-state index is 0.268. The van der Waals surface area contributed by atoms with Crippen molar-refractivity contribution in [1.29, 1.82) is 0 Å². The Balaban J connectivity index is 1.42. The van der Waals surface area contributed by atoms with Crippen LogP contribution in [0.2, 0.25) is 0 Å². The Bertz CT molecular complexity index is 3640. The van der Waals surface area contributed by atoms with Gasteiger partial charge in [-0.3, -0.25) is 19.2 Å². The summed E-state index contributed by atoms with van der Waals surface area (Å²) in [4.78, 5) is 53.4. The highest BCUT2D eigenvalue weighted by atomic mass is 16.7. The van der Waals surface area contributed by atoms with Crippen LogP contribution in [0.5, 0.6) is 0 Å². The van der Waals surface area contributed by atoms with E-state index in [1.54, 1.807) is 187 Å². The molecule has 4 fully saturated rings. The Hall–Kier alpha value is -6.88. The number of aliphatic hydroxyl groups is 18. The van der Waals surface area contributed by atoms with Gasteiger partial charge in [-0.1, -0.05) is 198 Å². The van der Waals surface area contributed by atoms with Crippen LogP contribution < -0.4 is 11.5 Å². The van der Waals surface area contributed by atoms with E-state index in [4.69, 9.17) is 58.8 Å². The number of ether oxygens (including phenoxy) is 10. The van der Waals surface area contributed by atoms with Gasteiger partial charge in [0.25, 0.3) is 0 Å². The van der Waals surface area contributed by atoms with E-state index in [1.807, 2.05) is 0 Å². The fraction of sp³-hybridized carbons (Fsp3) is 0.667. The first-order chi connectivity index (χ1) is 62.4. The third kappa shape index (κ3) is 37.9. The van der Waals surface area contributed by atoms with E-state index in [1.165, 1.54) is 38.2 Å². The number of allylic oxidation sites excluding steroid dienone is 24. The van der Waals surface area contributed by atoms with Crippen LogP contribution in [0.1, 0.15) is 158 Å². The number of aliphatic hydroxyl groups excluding tert-OH is 18. The average molecular weight is 1870 g/mol. The number of rotatable bonds is 11. The van der Waals surface area contributed by atoms with Crippen molar-refractivity contribution in [3.8, 4) is 0 Å². The summed E-state index contributed by atoms with van der Waals surface area (Å²) < 4.78 is 62.4. The molecule has 0 aliphatic carbocycles. The molecule has 0 aromatic carbocycles. The fourth-order valence-corrected chi connectivity index (χ4v) is 16.7. The van der Waals surface area contributed by atoms with Gasteiger partial charge in [-0.05, 0) is 66.2 Å². The van der Waals surface area contributed by atoms with Gasteiger partial charge in [0.05, 0.1) is 172 Å². The third-order valence-electron chi connectivity index (χ3n) is 24.8. The maximum Gasteiger partial charge on any atom is 0.311 e. The van der Waals surface area contributed by atoms with Gasteiger partial charge in [-0.15, -0.1) is 0 Å². The summed E-state index contributed by atoms with van der Waals surface area (Å²) in [6.07, 6.45) is -2.90. The highest BCUT2D eigenvalue weighted by Crippen LogP contribution is 2.44. The molecular weight excluding hydrogens is 1730 g/mol. The number of carbonyl (C=O) groups is 4. The van der Waals surface area contributed by atoms with E-state index >= 15 is 0 Å². The molecule has 36 nitrogen and oxygen atoms in total. The molecule has 6 heterocycles. The molecule has 36 heteroatoms. The molecule has 746 valence electrons. The van der Waals surface area contributed by atoms with Gasteiger partial charge in [-0.25, -0.2) is 0 Å². The number of carbonyl (C=O) groups excluding carboxylic acids is 2. The van der Waals surface area contributed by atoms with Crippen molar-refractivity contribution < 1.29 is 169 Å². The molecule has 0 spiro atoms. The van der Waals surface area contributed by atoms with Crippen LogP contribution in [0.4, 0.5) is 0 Å². The number of aliphatic carboxylic acids is 2. The maximum absolute atomic E-state index is 13.6. The van der Waals surface area contributed by atoms with Crippen molar-refractivity contribution in [3.63, 3.8) is 0 Å². The van der Waals surface area contributed by atoms with E-state index in [9.17, 15) is 121 Å². The lowest BCUT2D eigenvalue weighted by Crippen LogP contribution is -2.62. The minimum Gasteiger partial charge on any atom is -0.481 e. The molecule has 132 heavy (non-hydrogen) atoms. The molecule has 4 saturated heterocycles. The van der Waals surface area contributed by atoms with Crippen LogP contribution in [-0.2, 0) is 66.5 Å². The summed E-state index contributed by atoms with van der Waals surface area (Å²) >= 11 is 0. The normalized spacial score (nSPS) is 45.1. The van der Waals surface area contributed by atoms with E-state index in [-0.39, 0.29) is 50.4 Å². The van der Waals surface area contributed by atoms with Crippen molar-refractivity contribution >= 4 is 23.9 Å². The molecule has 6 aliphatic heterocycles. The van der Waals surface area contributed by atoms with E-state index in [2.05, 4.69) is 0 Å². The molecule has 6 aliphatic rings. The number of fused-ring (bicyclic) bond motifs is 4. The number of esters is 2. The first-order valence-corrected chi connectivity index (χ1v) is 45.7. The molecule has 0 amide bonds. The fourth-order valence-electron chi connectivity index (χ4n) is 16.7. The standard InChI is InChI=1S/C96H148N2O34/c1-55-33-29-25-21-17-13-9-11-15-19-23-27-31-35-69(129-93-89(117)83(97)87(115)61(7)127-93)49-77-81(91(119)120)75(109)53-95(131-77,51-67(103)45-73(107)71(105)39-37-63(99)43-65(101)47-79(111)125-59(5)57(3)85(55)113)123-41-42-124-96-52-68(104)46-74(108)72(106)40-38-64(100)44-66(102)48-80(112)126-60(6)58(4)86(114)56(2)34-30-26-22-18-14-10-12-16-20-24-28-32-36-70(50-78(132-96)82(92(121)122)76(110)54-96)130-94-90(118)84(98)88(116)62(8)128-94/h9-36,55-78,81-90,93-94,99-110,113-118H,37-54,97-98H2,1-8H3,(H,119,120)(H,121,122)/b11-9+,12-10+,17-13+,18-14+,19-15+,20-16+,25-21+,26-22+,27-23+,28-24+,33-29+,34-30+,35-31+,36-32+/t55-,56-,57-,58-,59-,60-,61+,62+,63+,64+,65+,66+,67-,68-,69-,70-,71+,72+,73+,74+,75-,76-,77-,78-,81+,82+,83-,84-,85+,86+,87+,88+,89-,90-,93-,94-,95?,96?/m0/s1. The molecule has 6 rings (SSSR count). The molecule has 38 atom stereocenters. The molecule has 0 radical (unpaired) electrons. The Labute approximate surface area is 772 Å². The van der Waals surface area contributed by atoms with Crippen LogP contribution in [0.15, 0.2) is 170 Å². The molecule has 2 unspecified atom stereocenters. The lowest BCUT2D eigenvalue weighted by Gasteiger charge is -2.48. The molecule has 0 aromatic heterocycles. The van der Waals surface area contributed by atoms with Crippen LogP contribution in [0.3, 0.4) is 0 Å². The topological polar surface area (TPSA) is 617 Å². The van der Waals surface area contributed by atoms with Crippen LogP contribution in [0.25, 0.3) is 0 Å². The largest absolute Gasteiger partial charge is 0.481 e. The van der Waals surface area contributed by atoms with E-state index < -0.39 is 320 Å². The van der Waals surface area contributed by atoms with Gasteiger partial charge < -0.3 is 161 Å². The Morgan fingerprint density at radius 2 is 0.636 bits per heavy atom. The van der Waals surface area contributed by atoms with Crippen molar-refractivity contribution in [2.24, 2.45) is 47.0 Å².